The molecule has 6 nitrogen and oxygen atoms in total. The Labute approximate surface area is 187 Å². The monoisotopic (exact) mass is 512 g/mol. The zero-order chi connectivity index (χ0) is 20.5. The fraction of sp³-hybridized carbons (Fsp3) is 0.217. The maximum absolute atomic E-state index is 12.8. The van der Waals surface area contributed by atoms with Crippen LogP contribution < -0.4 is 10.5 Å². The number of morpholine rings is 1. The van der Waals surface area contributed by atoms with Crippen LogP contribution in [0, 0.1) is 3.57 Å². The second-order valence-electron chi connectivity index (χ2n) is 7.40. The minimum atomic E-state index is -0.0160. The van der Waals surface area contributed by atoms with Gasteiger partial charge in [-0.05, 0) is 58.0 Å². The van der Waals surface area contributed by atoms with Crippen LogP contribution in [0.25, 0.3) is 22.2 Å². The molecular formula is C23H21IN4O2. The lowest BCUT2D eigenvalue weighted by molar-refractivity contribution is 0.122. The highest BCUT2D eigenvalue weighted by molar-refractivity contribution is 14.1. The number of nitrogens with one attached hydrogen (secondary N) is 1. The molecule has 4 aromatic rings. The van der Waals surface area contributed by atoms with Crippen molar-refractivity contribution in [1.82, 2.24) is 14.5 Å². The molecule has 0 saturated carbocycles. The quantitative estimate of drug-likeness (QED) is 0.422. The molecule has 5 rings (SSSR count). The first-order valence-corrected chi connectivity index (χ1v) is 11.0. The van der Waals surface area contributed by atoms with E-state index in [1.807, 2.05) is 24.7 Å². The van der Waals surface area contributed by atoms with E-state index in [0.29, 0.717) is 6.54 Å². The van der Waals surface area contributed by atoms with Crippen LogP contribution in [0.1, 0.15) is 5.56 Å². The van der Waals surface area contributed by atoms with Gasteiger partial charge in [0.1, 0.15) is 5.65 Å². The van der Waals surface area contributed by atoms with Crippen molar-refractivity contribution in [2.75, 3.05) is 31.2 Å². The lowest BCUT2D eigenvalue weighted by atomic mass is 10.1. The van der Waals surface area contributed by atoms with Crippen LogP contribution in [0.3, 0.4) is 0 Å². The lowest BCUT2D eigenvalue weighted by Gasteiger charge is -2.28. The highest BCUT2D eigenvalue weighted by Gasteiger charge is 2.15. The average molecular weight is 512 g/mol. The first-order valence-electron chi connectivity index (χ1n) is 9.92. The van der Waals surface area contributed by atoms with Crippen molar-refractivity contribution in [3.63, 3.8) is 0 Å². The van der Waals surface area contributed by atoms with Crippen molar-refractivity contribution < 1.29 is 4.74 Å². The molecule has 30 heavy (non-hydrogen) atoms. The van der Waals surface area contributed by atoms with Gasteiger partial charge in [0, 0.05) is 46.1 Å². The van der Waals surface area contributed by atoms with E-state index >= 15 is 0 Å². The van der Waals surface area contributed by atoms with Crippen LogP contribution in [0.15, 0.2) is 65.8 Å². The van der Waals surface area contributed by atoms with Crippen molar-refractivity contribution in [2.24, 2.45) is 0 Å². The fourth-order valence-electron chi connectivity index (χ4n) is 3.82. The Kier molecular flexibility index (Phi) is 5.30. The Morgan fingerprint density at radius 1 is 1.10 bits per heavy atom. The van der Waals surface area contributed by atoms with Crippen molar-refractivity contribution in [3.05, 3.63) is 80.5 Å². The number of ether oxygens (including phenoxy) is 1. The van der Waals surface area contributed by atoms with Gasteiger partial charge >= 0.3 is 0 Å². The van der Waals surface area contributed by atoms with Gasteiger partial charge in [-0.3, -0.25) is 4.79 Å². The fourth-order valence-corrected chi connectivity index (χ4v) is 4.18. The Balaban J connectivity index is 1.46. The van der Waals surface area contributed by atoms with Gasteiger partial charge in [0.25, 0.3) is 5.56 Å². The number of hydrogen-bond acceptors (Lipinski definition) is 4. The number of hydrogen-bond donors (Lipinski definition) is 1. The number of aromatic amines is 1. The summed E-state index contributed by atoms with van der Waals surface area (Å²) < 4.78 is 8.37. The molecule has 0 atom stereocenters. The van der Waals surface area contributed by atoms with E-state index in [9.17, 15) is 4.79 Å². The molecule has 1 N–H and O–H groups in total. The Bertz CT molecular complexity index is 1240. The molecule has 0 aliphatic carbocycles. The molecule has 1 fully saturated rings. The summed E-state index contributed by atoms with van der Waals surface area (Å²) >= 11 is 2.28. The number of H-pyrrole nitrogens is 1. The molecule has 152 valence electrons. The second-order valence-corrected chi connectivity index (χ2v) is 8.65. The second kappa shape index (κ2) is 8.23. The van der Waals surface area contributed by atoms with Gasteiger partial charge in [-0.25, -0.2) is 4.98 Å². The molecule has 1 aliphatic rings. The van der Waals surface area contributed by atoms with Gasteiger partial charge in [-0.2, -0.15) is 0 Å². The number of aromatic nitrogens is 3. The smallest absolute Gasteiger partial charge is 0.251 e. The van der Waals surface area contributed by atoms with Crippen LogP contribution in [0.5, 0.6) is 0 Å². The number of nitrogens with zero attached hydrogens (tertiary/aromatic N) is 3. The minimum absolute atomic E-state index is 0.0160. The van der Waals surface area contributed by atoms with E-state index in [-0.39, 0.29) is 5.56 Å². The van der Waals surface area contributed by atoms with Crippen LogP contribution in [0.2, 0.25) is 0 Å². The van der Waals surface area contributed by atoms with Gasteiger partial charge in [0.05, 0.1) is 31.6 Å². The number of halogens is 1. The van der Waals surface area contributed by atoms with E-state index in [2.05, 4.69) is 67.8 Å². The first-order chi connectivity index (χ1) is 14.7. The molecule has 7 heteroatoms. The van der Waals surface area contributed by atoms with E-state index < -0.39 is 0 Å². The molecule has 0 spiro atoms. The maximum Gasteiger partial charge on any atom is 0.251 e. The van der Waals surface area contributed by atoms with Crippen molar-refractivity contribution in [1.29, 1.82) is 0 Å². The standard InChI is InChI=1S/C23H21IN4O2/c24-18-3-1-16(2-4-18)15-28-6-5-17(11-22(28)29)21-14-26-23-20(21)12-19(13-25-23)27-7-9-30-10-8-27/h1-6,11-14H,7-10,15H2,(H,25,26). The summed E-state index contributed by atoms with van der Waals surface area (Å²) in [7, 11) is 0. The average Bonchev–Trinajstić information content (AvgIpc) is 3.20. The van der Waals surface area contributed by atoms with E-state index in [1.54, 1.807) is 10.6 Å². The number of fused-ring (bicyclic) bond motifs is 1. The maximum atomic E-state index is 12.8. The molecule has 1 saturated heterocycles. The van der Waals surface area contributed by atoms with Crippen LogP contribution >= 0.6 is 22.6 Å². The lowest BCUT2D eigenvalue weighted by Crippen LogP contribution is -2.36. The molecule has 1 aromatic carbocycles. The summed E-state index contributed by atoms with van der Waals surface area (Å²) in [4.78, 5) is 22.9. The van der Waals surface area contributed by atoms with E-state index in [1.165, 1.54) is 3.57 Å². The molecule has 0 unspecified atom stereocenters. The molecular weight excluding hydrogens is 491 g/mol. The molecule has 0 bridgehead atoms. The van der Waals surface area contributed by atoms with E-state index in [4.69, 9.17) is 4.74 Å². The third-order valence-corrected chi connectivity index (χ3v) is 6.19. The molecule has 0 amide bonds. The van der Waals surface area contributed by atoms with Gasteiger partial charge in [-0.1, -0.05) is 12.1 Å². The zero-order valence-electron chi connectivity index (χ0n) is 16.3. The first kappa shape index (κ1) is 19.3. The van der Waals surface area contributed by atoms with Crippen LogP contribution in [0.4, 0.5) is 5.69 Å². The molecule has 1 aliphatic heterocycles. The third-order valence-electron chi connectivity index (χ3n) is 5.47. The largest absolute Gasteiger partial charge is 0.378 e. The summed E-state index contributed by atoms with van der Waals surface area (Å²) in [5.74, 6) is 0. The number of pyridine rings is 2. The molecule has 4 heterocycles. The highest BCUT2D eigenvalue weighted by Crippen LogP contribution is 2.30. The van der Waals surface area contributed by atoms with Gasteiger partial charge in [-0.15, -0.1) is 0 Å². The van der Waals surface area contributed by atoms with Crippen molar-refractivity contribution in [3.8, 4) is 11.1 Å². The summed E-state index contributed by atoms with van der Waals surface area (Å²) in [6, 6.07) is 14.1. The summed E-state index contributed by atoms with van der Waals surface area (Å²) in [5, 5.41) is 1.02. The minimum Gasteiger partial charge on any atom is -0.378 e. The number of benzene rings is 1. The molecule has 0 radical (unpaired) electrons. The normalized spacial score (nSPS) is 14.4. The highest BCUT2D eigenvalue weighted by atomic mass is 127. The summed E-state index contributed by atoms with van der Waals surface area (Å²) in [6.45, 7) is 3.75. The summed E-state index contributed by atoms with van der Waals surface area (Å²) in [6.07, 6.45) is 5.69. The van der Waals surface area contributed by atoms with Crippen LogP contribution in [-0.4, -0.2) is 40.8 Å². The van der Waals surface area contributed by atoms with Crippen molar-refractivity contribution >= 4 is 39.3 Å². The van der Waals surface area contributed by atoms with Crippen molar-refractivity contribution in [2.45, 2.75) is 6.54 Å². The summed E-state index contributed by atoms with van der Waals surface area (Å²) in [5.41, 5.74) is 4.88. The topological polar surface area (TPSA) is 63.1 Å². The predicted octanol–water partition coefficient (Wildman–Crippen LogP) is 3.88. The predicted molar refractivity (Wildman–Crippen MR) is 127 cm³/mol. The Morgan fingerprint density at radius 3 is 2.67 bits per heavy atom. The SMILES string of the molecule is O=c1cc(-c2c[nH]c3ncc(N4CCOCC4)cc23)ccn1Cc1ccc(I)cc1. The van der Waals surface area contributed by atoms with Gasteiger partial charge < -0.3 is 19.2 Å². The zero-order valence-corrected chi connectivity index (χ0v) is 18.5. The van der Waals surface area contributed by atoms with Crippen LogP contribution in [-0.2, 0) is 11.3 Å². The third kappa shape index (κ3) is 3.87. The van der Waals surface area contributed by atoms with Gasteiger partial charge in [0.15, 0.2) is 0 Å². The molecule has 3 aromatic heterocycles. The van der Waals surface area contributed by atoms with Gasteiger partial charge in [0.2, 0.25) is 0 Å². The Hall–Kier alpha value is -2.65. The number of anilines is 1. The number of rotatable bonds is 4. The van der Waals surface area contributed by atoms with E-state index in [0.717, 1.165) is 59.7 Å². The Morgan fingerprint density at radius 2 is 1.90 bits per heavy atom.